The Morgan fingerprint density at radius 2 is 1.71 bits per heavy atom. The Labute approximate surface area is 86.7 Å². The molecule has 0 unspecified atom stereocenters. The van der Waals surface area contributed by atoms with E-state index in [9.17, 15) is 8.42 Å². The van der Waals surface area contributed by atoms with E-state index in [0.717, 1.165) is 0 Å². The van der Waals surface area contributed by atoms with Gasteiger partial charge in [0, 0.05) is 0 Å². The molecule has 0 fully saturated rings. The highest BCUT2D eigenvalue weighted by molar-refractivity contribution is 8.13. The summed E-state index contributed by atoms with van der Waals surface area (Å²) >= 11 is 4.16. The van der Waals surface area contributed by atoms with Crippen molar-refractivity contribution in [3.63, 3.8) is 0 Å². The van der Waals surface area contributed by atoms with Crippen LogP contribution in [0.3, 0.4) is 0 Å². The highest BCUT2D eigenvalue weighted by atomic mass is 32.5. The second-order valence-electron chi connectivity index (χ2n) is 2.45. The molecule has 14 heavy (non-hydrogen) atoms. The van der Waals surface area contributed by atoms with E-state index >= 15 is 0 Å². The third-order valence-electron chi connectivity index (χ3n) is 1.29. The van der Waals surface area contributed by atoms with Gasteiger partial charge in [-0.3, -0.25) is 0 Å². The fourth-order valence-electron chi connectivity index (χ4n) is 0.809. The van der Waals surface area contributed by atoms with Crippen LogP contribution in [-0.2, 0) is 21.8 Å². The Hall–Kier alpha value is -0.300. The standard InChI is InChI=1S/C6H8NO4PS2/c8-12(9,13)7-14(10,11)6-4-2-1-3-5-6/h1-5H,(H3,7,8,9,13). The van der Waals surface area contributed by atoms with Crippen molar-refractivity contribution in [3.05, 3.63) is 30.3 Å². The Bertz CT molecular complexity index is 452. The zero-order valence-corrected chi connectivity index (χ0v) is 9.39. The van der Waals surface area contributed by atoms with Crippen molar-refractivity contribution < 1.29 is 18.2 Å². The van der Waals surface area contributed by atoms with Crippen molar-refractivity contribution in [2.75, 3.05) is 0 Å². The van der Waals surface area contributed by atoms with Crippen LogP contribution in [0.15, 0.2) is 35.2 Å². The summed E-state index contributed by atoms with van der Waals surface area (Å²) in [6.07, 6.45) is 0. The van der Waals surface area contributed by atoms with Crippen LogP contribution in [0.5, 0.6) is 0 Å². The first-order valence-electron chi connectivity index (χ1n) is 3.46. The Morgan fingerprint density at radius 1 is 1.21 bits per heavy atom. The van der Waals surface area contributed by atoms with E-state index in [0.29, 0.717) is 0 Å². The molecular formula is C6H8NO4PS2. The van der Waals surface area contributed by atoms with Crippen molar-refractivity contribution in [3.8, 4) is 0 Å². The molecule has 5 nitrogen and oxygen atoms in total. The molecule has 1 aromatic carbocycles. The number of sulfonamides is 1. The van der Waals surface area contributed by atoms with Gasteiger partial charge in [-0.1, -0.05) is 18.2 Å². The normalized spacial score (nSPS) is 12.7. The maximum absolute atomic E-state index is 11.4. The molecule has 1 rings (SSSR count). The van der Waals surface area contributed by atoms with E-state index in [4.69, 9.17) is 9.79 Å². The number of rotatable bonds is 3. The molecular weight excluding hydrogens is 245 g/mol. The van der Waals surface area contributed by atoms with Gasteiger partial charge in [0.05, 0.1) is 4.90 Å². The molecule has 3 N–H and O–H groups in total. The van der Waals surface area contributed by atoms with Crippen molar-refractivity contribution in [2.45, 2.75) is 4.90 Å². The lowest BCUT2D eigenvalue weighted by Gasteiger charge is -2.09. The van der Waals surface area contributed by atoms with Crippen molar-refractivity contribution in [2.24, 2.45) is 0 Å². The van der Waals surface area contributed by atoms with Gasteiger partial charge in [0.15, 0.2) is 0 Å². The SMILES string of the molecule is O=S(=O)(NP(O)(O)=S)c1ccccc1. The van der Waals surface area contributed by atoms with E-state index in [1.807, 2.05) is 0 Å². The average Bonchev–Trinajstić information content (AvgIpc) is 2.01. The van der Waals surface area contributed by atoms with Gasteiger partial charge >= 0.3 is 0 Å². The summed E-state index contributed by atoms with van der Waals surface area (Å²) in [4.78, 5) is 17.6. The first-order valence-corrected chi connectivity index (χ1v) is 7.65. The maximum atomic E-state index is 11.4. The highest BCUT2D eigenvalue weighted by Gasteiger charge is 2.20. The topological polar surface area (TPSA) is 86.6 Å². The van der Waals surface area contributed by atoms with E-state index < -0.39 is 16.7 Å². The molecule has 0 aliphatic carbocycles. The van der Waals surface area contributed by atoms with E-state index in [1.165, 1.54) is 24.3 Å². The van der Waals surface area contributed by atoms with Crippen LogP contribution in [0.25, 0.3) is 0 Å². The smallest absolute Gasteiger partial charge is 0.269 e. The number of hydrogen-bond acceptors (Lipinski definition) is 3. The van der Waals surface area contributed by atoms with Crippen LogP contribution in [0.1, 0.15) is 0 Å². The van der Waals surface area contributed by atoms with Crippen LogP contribution in [0.2, 0.25) is 0 Å². The summed E-state index contributed by atoms with van der Waals surface area (Å²) in [5, 5.41) is 0. The van der Waals surface area contributed by atoms with Gasteiger partial charge in [-0.2, -0.15) is 0 Å². The summed E-state index contributed by atoms with van der Waals surface area (Å²) in [6, 6.07) is 7.34. The molecule has 0 saturated heterocycles. The minimum absolute atomic E-state index is 0.0580. The number of benzene rings is 1. The second-order valence-corrected chi connectivity index (χ2v) is 7.28. The van der Waals surface area contributed by atoms with Gasteiger partial charge < -0.3 is 9.79 Å². The molecule has 0 atom stereocenters. The van der Waals surface area contributed by atoms with Gasteiger partial charge in [0.1, 0.15) is 0 Å². The summed E-state index contributed by atoms with van der Waals surface area (Å²) in [5.74, 6) is 0. The largest absolute Gasteiger partial charge is 0.333 e. The molecule has 0 heterocycles. The van der Waals surface area contributed by atoms with Gasteiger partial charge in [0.25, 0.3) is 6.64 Å². The summed E-state index contributed by atoms with van der Waals surface area (Å²) < 4.78 is 24.4. The quantitative estimate of drug-likeness (QED) is 0.669. The molecule has 0 aliphatic heterocycles. The average molecular weight is 253 g/mol. The minimum Gasteiger partial charge on any atom is -0.333 e. The third-order valence-corrected chi connectivity index (χ3v) is 4.77. The summed E-state index contributed by atoms with van der Waals surface area (Å²) in [5.41, 5.74) is 0. The third kappa shape index (κ3) is 3.45. The van der Waals surface area contributed by atoms with Crippen molar-refractivity contribution in [1.29, 1.82) is 0 Å². The Balaban J connectivity index is 3.05. The minimum atomic E-state index is -3.96. The molecule has 0 aliphatic rings. The van der Waals surface area contributed by atoms with Crippen LogP contribution in [0, 0.1) is 0 Å². The molecule has 0 spiro atoms. The molecule has 0 bridgehead atoms. The van der Waals surface area contributed by atoms with Crippen molar-refractivity contribution >= 4 is 28.5 Å². The van der Waals surface area contributed by atoms with Crippen LogP contribution >= 0.6 is 6.64 Å². The van der Waals surface area contributed by atoms with E-state index in [-0.39, 0.29) is 4.90 Å². The molecule has 0 radical (unpaired) electrons. The zero-order valence-electron chi connectivity index (χ0n) is 6.86. The monoisotopic (exact) mass is 253 g/mol. The Kier molecular flexibility index (Phi) is 3.41. The molecule has 0 saturated carbocycles. The second kappa shape index (κ2) is 4.06. The first kappa shape index (κ1) is 11.8. The predicted octanol–water partition coefficient (Wildman–Crippen LogP) is 0.174. The molecule has 0 aromatic heterocycles. The lowest BCUT2D eigenvalue weighted by molar-refractivity contribution is 0.472. The van der Waals surface area contributed by atoms with Gasteiger partial charge in [-0.05, 0) is 23.9 Å². The lowest BCUT2D eigenvalue weighted by atomic mass is 10.4. The van der Waals surface area contributed by atoms with Crippen molar-refractivity contribution in [1.82, 2.24) is 4.49 Å². The van der Waals surface area contributed by atoms with Crippen LogP contribution in [-0.4, -0.2) is 18.2 Å². The number of nitrogens with one attached hydrogen (secondary N) is 1. The van der Waals surface area contributed by atoms with Crippen LogP contribution in [0.4, 0.5) is 0 Å². The lowest BCUT2D eigenvalue weighted by Crippen LogP contribution is -2.20. The van der Waals surface area contributed by atoms with Crippen LogP contribution < -0.4 is 4.49 Å². The highest BCUT2D eigenvalue weighted by Crippen LogP contribution is 2.31. The Morgan fingerprint density at radius 3 is 2.14 bits per heavy atom. The summed E-state index contributed by atoms with van der Waals surface area (Å²) in [6.45, 7) is -3.96. The predicted molar refractivity (Wildman–Crippen MR) is 55.5 cm³/mol. The van der Waals surface area contributed by atoms with Gasteiger partial charge in [-0.25, -0.2) is 8.42 Å². The van der Waals surface area contributed by atoms with Gasteiger partial charge in [0.2, 0.25) is 10.0 Å². The molecule has 0 amide bonds. The molecule has 1 aromatic rings. The van der Waals surface area contributed by atoms with E-state index in [1.54, 1.807) is 10.6 Å². The summed E-state index contributed by atoms with van der Waals surface area (Å²) in [7, 11) is -3.92. The molecule has 78 valence electrons. The first-order chi connectivity index (χ1) is 6.31. The fraction of sp³-hybridized carbons (Fsp3) is 0. The van der Waals surface area contributed by atoms with E-state index in [2.05, 4.69) is 11.8 Å². The fourth-order valence-corrected chi connectivity index (χ4v) is 3.88. The number of hydrogen-bond donors (Lipinski definition) is 3. The molecule has 8 heteroatoms. The zero-order chi connectivity index (χ0) is 10.8. The maximum Gasteiger partial charge on any atom is 0.269 e. The van der Waals surface area contributed by atoms with Gasteiger partial charge in [-0.15, -0.1) is 4.49 Å².